The van der Waals surface area contributed by atoms with Crippen LogP contribution in [0.3, 0.4) is 0 Å². The fourth-order valence-electron chi connectivity index (χ4n) is 2.38. The largest absolute Gasteiger partial charge is 0.493 e. The van der Waals surface area contributed by atoms with Crippen LogP contribution >= 0.6 is 0 Å². The van der Waals surface area contributed by atoms with E-state index in [9.17, 15) is 10.1 Å². The Bertz CT molecular complexity index is 500. The van der Waals surface area contributed by atoms with Crippen LogP contribution in [0.5, 0.6) is 17.2 Å². The number of nitro benzene ring substituents is 1. The number of nitrogens with zero attached hydrogens (tertiary/aromatic N) is 1. The first-order chi connectivity index (χ1) is 10.2. The lowest BCUT2D eigenvalue weighted by Gasteiger charge is -2.22. The van der Waals surface area contributed by atoms with Crippen LogP contribution in [-0.2, 0) is 0 Å². The fourth-order valence-corrected chi connectivity index (χ4v) is 2.38. The van der Waals surface area contributed by atoms with Gasteiger partial charge in [0, 0.05) is 18.5 Å². The van der Waals surface area contributed by atoms with Gasteiger partial charge in [-0.15, -0.1) is 0 Å². The Balaban J connectivity index is 2.17. The van der Waals surface area contributed by atoms with Crippen molar-refractivity contribution in [1.82, 2.24) is 5.32 Å². The predicted molar refractivity (Wildman–Crippen MR) is 77.3 cm³/mol. The van der Waals surface area contributed by atoms with Crippen molar-refractivity contribution in [3.63, 3.8) is 0 Å². The second-order valence-electron chi connectivity index (χ2n) is 4.96. The third-order valence-corrected chi connectivity index (χ3v) is 3.54. The van der Waals surface area contributed by atoms with Crippen molar-refractivity contribution >= 4 is 5.69 Å². The predicted octanol–water partition coefficient (Wildman–Crippen LogP) is 1.99. The van der Waals surface area contributed by atoms with Crippen molar-refractivity contribution in [2.75, 3.05) is 33.9 Å². The third kappa shape index (κ3) is 3.75. The van der Waals surface area contributed by atoms with Crippen molar-refractivity contribution in [1.29, 1.82) is 0 Å². The van der Waals surface area contributed by atoms with Crippen LogP contribution in [0, 0.1) is 16.0 Å². The zero-order chi connectivity index (χ0) is 15.2. The van der Waals surface area contributed by atoms with Gasteiger partial charge in [0.05, 0.1) is 31.8 Å². The van der Waals surface area contributed by atoms with Gasteiger partial charge in [-0.05, 0) is 19.4 Å². The summed E-state index contributed by atoms with van der Waals surface area (Å²) in [6, 6.07) is 2.83. The number of hydrogen-bond donors (Lipinski definition) is 1. The van der Waals surface area contributed by atoms with Crippen LogP contribution in [0.2, 0.25) is 0 Å². The Kier molecular flexibility index (Phi) is 5.21. The summed E-state index contributed by atoms with van der Waals surface area (Å²) in [7, 11) is 2.92. The molecule has 116 valence electrons. The van der Waals surface area contributed by atoms with E-state index < -0.39 is 4.92 Å². The average Bonchev–Trinajstić information content (AvgIpc) is 2.52. The zero-order valence-electron chi connectivity index (χ0n) is 12.3. The molecule has 0 spiro atoms. The molecular weight excluding hydrogens is 276 g/mol. The Labute approximate surface area is 123 Å². The van der Waals surface area contributed by atoms with Gasteiger partial charge < -0.3 is 19.5 Å². The van der Waals surface area contributed by atoms with E-state index in [1.807, 2.05) is 0 Å². The summed E-state index contributed by atoms with van der Waals surface area (Å²) in [6.45, 7) is 2.34. The first kappa shape index (κ1) is 15.4. The van der Waals surface area contributed by atoms with E-state index in [2.05, 4.69) is 5.32 Å². The molecule has 1 N–H and O–H groups in total. The van der Waals surface area contributed by atoms with E-state index in [1.165, 1.54) is 26.4 Å². The molecule has 0 aliphatic carbocycles. The molecule has 0 aromatic heterocycles. The topological polar surface area (TPSA) is 82.9 Å². The molecule has 2 rings (SSSR count). The van der Waals surface area contributed by atoms with Crippen molar-refractivity contribution < 1.29 is 19.1 Å². The summed E-state index contributed by atoms with van der Waals surface area (Å²) in [4.78, 5) is 10.7. The highest BCUT2D eigenvalue weighted by Gasteiger charge is 2.22. The molecule has 1 fully saturated rings. The van der Waals surface area contributed by atoms with Crippen LogP contribution < -0.4 is 19.5 Å². The molecule has 7 heteroatoms. The molecule has 0 bridgehead atoms. The number of ether oxygens (including phenoxy) is 3. The molecule has 1 unspecified atom stereocenters. The number of piperidine rings is 1. The molecule has 1 saturated heterocycles. The molecule has 0 radical (unpaired) electrons. The summed E-state index contributed by atoms with van der Waals surface area (Å²) >= 11 is 0. The second kappa shape index (κ2) is 7.12. The highest BCUT2D eigenvalue weighted by atomic mass is 16.6. The SMILES string of the molecule is COc1cc(OCC2CCCNC2)c([N+](=O)[O-])cc1OC. The number of methoxy groups -OCH3 is 2. The first-order valence-electron chi connectivity index (χ1n) is 6.89. The van der Waals surface area contributed by atoms with E-state index in [-0.39, 0.29) is 11.4 Å². The highest BCUT2D eigenvalue weighted by molar-refractivity contribution is 5.58. The van der Waals surface area contributed by atoms with E-state index in [0.717, 1.165) is 25.9 Å². The van der Waals surface area contributed by atoms with Gasteiger partial charge in [-0.3, -0.25) is 10.1 Å². The second-order valence-corrected chi connectivity index (χ2v) is 4.96. The monoisotopic (exact) mass is 296 g/mol. The maximum Gasteiger partial charge on any atom is 0.314 e. The van der Waals surface area contributed by atoms with E-state index >= 15 is 0 Å². The summed E-state index contributed by atoms with van der Waals surface area (Å²) < 4.78 is 15.9. The van der Waals surface area contributed by atoms with Crippen LogP contribution in [0.4, 0.5) is 5.69 Å². The fraction of sp³-hybridized carbons (Fsp3) is 0.571. The number of nitrogens with one attached hydrogen (secondary N) is 1. The van der Waals surface area contributed by atoms with Crippen LogP contribution in [0.15, 0.2) is 12.1 Å². The number of nitro groups is 1. The Morgan fingerprint density at radius 1 is 1.29 bits per heavy atom. The summed E-state index contributed by atoms with van der Waals surface area (Å²) in [5.74, 6) is 1.31. The van der Waals surface area contributed by atoms with Crippen LogP contribution in [0.1, 0.15) is 12.8 Å². The van der Waals surface area contributed by atoms with Gasteiger partial charge in [0.15, 0.2) is 11.5 Å². The first-order valence-corrected chi connectivity index (χ1v) is 6.89. The molecule has 1 aliphatic heterocycles. The molecule has 1 heterocycles. The standard InChI is InChI=1S/C14H20N2O5/c1-19-13-6-11(16(17)18)12(7-14(13)20-2)21-9-10-4-3-5-15-8-10/h6-7,10,15H,3-5,8-9H2,1-2H3. The Morgan fingerprint density at radius 2 is 2.00 bits per heavy atom. The van der Waals surface area contributed by atoms with Gasteiger partial charge >= 0.3 is 5.69 Å². The van der Waals surface area contributed by atoms with Gasteiger partial charge in [-0.2, -0.15) is 0 Å². The number of benzene rings is 1. The minimum Gasteiger partial charge on any atom is -0.493 e. The molecule has 1 aliphatic rings. The normalized spacial score (nSPS) is 18.1. The molecule has 0 saturated carbocycles. The lowest BCUT2D eigenvalue weighted by atomic mass is 10.0. The maximum atomic E-state index is 11.2. The summed E-state index contributed by atoms with van der Waals surface area (Å²) in [5.41, 5.74) is -0.114. The highest BCUT2D eigenvalue weighted by Crippen LogP contribution is 2.39. The molecule has 1 atom stereocenters. The smallest absolute Gasteiger partial charge is 0.314 e. The minimum atomic E-state index is -0.476. The quantitative estimate of drug-likeness (QED) is 0.638. The maximum absolute atomic E-state index is 11.2. The molecule has 0 amide bonds. The van der Waals surface area contributed by atoms with Gasteiger partial charge in [-0.1, -0.05) is 0 Å². The number of hydrogen-bond acceptors (Lipinski definition) is 6. The Morgan fingerprint density at radius 3 is 2.57 bits per heavy atom. The van der Waals surface area contributed by atoms with Gasteiger partial charge in [0.1, 0.15) is 0 Å². The summed E-state index contributed by atoms with van der Waals surface area (Å²) in [6.07, 6.45) is 2.16. The van der Waals surface area contributed by atoms with Crippen LogP contribution in [0.25, 0.3) is 0 Å². The minimum absolute atomic E-state index is 0.114. The van der Waals surface area contributed by atoms with Crippen molar-refractivity contribution in [3.05, 3.63) is 22.2 Å². The Hall–Kier alpha value is -2.02. The van der Waals surface area contributed by atoms with E-state index in [1.54, 1.807) is 0 Å². The van der Waals surface area contributed by atoms with E-state index in [4.69, 9.17) is 14.2 Å². The van der Waals surface area contributed by atoms with Crippen molar-refractivity contribution in [2.24, 2.45) is 5.92 Å². The molecule has 21 heavy (non-hydrogen) atoms. The van der Waals surface area contributed by atoms with E-state index in [0.29, 0.717) is 24.0 Å². The van der Waals surface area contributed by atoms with Gasteiger partial charge in [-0.25, -0.2) is 0 Å². The van der Waals surface area contributed by atoms with Gasteiger partial charge in [0.2, 0.25) is 5.75 Å². The zero-order valence-corrected chi connectivity index (χ0v) is 12.3. The molecule has 7 nitrogen and oxygen atoms in total. The average molecular weight is 296 g/mol. The van der Waals surface area contributed by atoms with Crippen LogP contribution in [-0.4, -0.2) is 38.8 Å². The van der Waals surface area contributed by atoms with Crippen molar-refractivity contribution in [3.8, 4) is 17.2 Å². The molecule has 1 aromatic rings. The van der Waals surface area contributed by atoms with Crippen molar-refractivity contribution in [2.45, 2.75) is 12.8 Å². The number of rotatable bonds is 6. The lowest BCUT2D eigenvalue weighted by molar-refractivity contribution is -0.386. The summed E-state index contributed by atoms with van der Waals surface area (Å²) in [5, 5.41) is 14.4. The lowest BCUT2D eigenvalue weighted by Crippen LogP contribution is -2.33. The van der Waals surface area contributed by atoms with Gasteiger partial charge in [0.25, 0.3) is 0 Å². The molecular formula is C14H20N2O5. The third-order valence-electron chi connectivity index (χ3n) is 3.54. The molecule has 1 aromatic carbocycles.